The van der Waals surface area contributed by atoms with Crippen LogP contribution in [0.5, 0.6) is 0 Å². The summed E-state index contributed by atoms with van der Waals surface area (Å²) in [6.07, 6.45) is 6.58. The Morgan fingerprint density at radius 3 is 2.83 bits per heavy atom. The van der Waals surface area contributed by atoms with Crippen LogP contribution in [0.15, 0.2) is 35.4 Å². The van der Waals surface area contributed by atoms with Crippen molar-refractivity contribution in [1.82, 2.24) is 9.47 Å². The van der Waals surface area contributed by atoms with Gasteiger partial charge >= 0.3 is 0 Å². The van der Waals surface area contributed by atoms with Gasteiger partial charge in [0.15, 0.2) is 11.0 Å². The van der Waals surface area contributed by atoms with Crippen LogP contribution in [-0.4, -0.2) is 28.8 Å². The Morgan fingerprint density at radius 2 is 2.17 bits per heavy atom. The van der Waals surface area contributed by atoms with E-state index in [2.05, 4.69) is 65.3 Å². The van der Waals surface area contributed by atoms with Gasteiger partial charge in [-0.2, -0.15) is 0 Å². The topological polar surface area (TPSA) is 12.1 Å². The van der Waals surface area contributed by atoms with Gasteiger partial charge in [0.05, 0.1) is 18.1 Å². The maximum Gasteiger partial charge on any atom is 0.282 e. The van der Waals surface area contributed by atoms with Crippen LogP contribution in [0, 0.1) is 0 Å². The molecule has 0 unspecified atom stereocenters. The summed E-state index contributed by atoms with van der Waals surface area (Å²) in [6, 6.07) is 6.14. The molecule has 0 spiro atoms. The Hall–Kier alpha value is -1.39. The van der Waals surface area contributed by atoms with E-state index in [1.807, 2.05) is 17.8 Å². The highest BCUT2D eigenvalue weighted by Crippen LogP contribution is 2.26. The lowest BCUT2D eigenvalue weighted by molar-refractivity contribution is -0.670. The molecule has 3 rings (SSSR count). The zero-order valence-corrected chi connectivity index (χ0v) is 15.5. The highest BCUT2D eigenvalue weighted by Gasteiger charge is 2.21. The summed E-state index contributed by atoms with van der Waals surface area (Å²) in [5.41, 5.74) is 2.43. The van der Waals surface area contributed by atoms with Gasteiger partial charge in [-0.25, -0.2) is 9.13 Å². The molecule has 1 aliphatic rings. The van der Waals surface area contributed by atoms with E-state index in [0.717, 1.165) is 24.7 Å². The predicted octanol–water partition coefficient (Wildman–Crippen LogP) is 4.16. The second-order valence-corrected chi connectivity index (χ2v) is 7.17. The van der Waals surface area contributed by atoms with Crippen LogP contribution in [0.1, 0.15) is 19.7 Å². The van der Waals surface area contributed by atoms with E-state index < -0.39 is 0 Å². The molecular formula is C18H23ClN3S+. The molecule has 0 amide bonds. The Bertz CT molecular complexity index is 776. The van der Waals surface area contributed by atoms with Gasteiger partial charge in [0.2, 0.25) is 0 Å². The Morgan fingerprint density at radius 1 is 1.35 bits per heavy atom. The van der Waals surface area contributed by atoms with E-state index in [-0.39, 0.29) is 0 Å². The van der Waals surface area contributed by atoms with Crippen molar-refractivity contribution in [3.05, 3.63) is 46.2 Å². The van der Waals surface area contributed by atoms with Crippen molar-refractivity contribution in [2.75, 3.05) is 19.3 Å². The lowest BCUT2D eigenvalue weighted by Gasteiger charge is -2.09. The van der Waals surface area contributed by atoms with Crippen molar-refractivity contribution in [3.8, 4) is 0 Å². The molecule has 0 aliphatic carbocycles. The Labute approximate surface area is 147 Å². The lowest BCUT2D eigenvalue weighted by atomic mass is 10.3. The van der Waals surface area contributed by atoms with Gasteiger partial charge in [0.25, 0.3) is 5.82 Å². The molecule has 2 heterocycles. The van der Waals surface area contributed by atoms with Crippen molar-refractivity contribution >= 4 is 40.5 Å². The maximum atomic E-state index is 6.20. The van der Waals surface area contributed by atoms with Crippen LogP contribution < -0.4 is 4.57 Å². The fourth-order valence-electron chi connectivity index (χ4n) is 3.08. The van der Waals surface area contributed by atoms with E-state index in [1.54, 1.807) is 0 Å². The highest BCUT2D eigenvalue weighted by molar-refractivity contribution is 8.03. The number of hydrogen-bond donors (Lipinski definition) is 0. The quantitative estimate of drug-likeness (QED) is 0.769. The van der Waals surface area contributed by atoms with Crippen molar-refractivity contribution < 1.29 is 4.57 Å². The second kappa shape index (κ2) is 7.02. The molecule has 0 atom stereocenters. The number of hydrogen-bond acceptors (Lipinski definition) is 2. The van der Waals surface area contributed by atoms with E-state index in [0.29, 0.717) is 0 Å². The summed E-state index contributed by atoms with van der Waals surface area (Å²) in [6.45, 7) is 7.36. The summed E-state index contributed by atoms with van der Waals surface area (Å²) in [5, 5.41) is 2.13. The van der Waals surface area contributed by atoms with E-state index >= 15 is 0 Å². The second-order valence-electron chi connectivity index (χ2n) is 5.61. The maximum absolute atomic E-state index is 6.20. The minimum atomic E-state index is 0.787. The van der Waals surface area contributed by atoms with Crippen molar-refractivity contribution in [1.29, 1.82) is 0 Å². The molecule has 1 aliphatic heterocycles. The first-order valence-corrected chi connectivity index (χ1v) is 9.46. The molecule has 2 aromatic rings. The molecule has 122 valence electrons. The van der Waals surface area contributed by atoms with Gasteiger partial charge in [0.1, 0.15) is 0 Å². The van der Waals surface area contributed by atoms with Gasteiger partial charge in [-0.1, -0.05) is 17.7 Å². The normalized spacial score (nSPS) is 17.2. The third-order valence-corrected chi connectivity index (χ3v) is 5.61. The number of rotatable bonds is 4. The third kappa shape index (κ3) is 3.15. The first-order valence-electron chi connectivity index (χ1n) is 8.09. The summed E-state index contributed by atoms with van der Waals surface area (Å²) in [7, 11) is 2.15. The molecule has 1 fully saturated rings. The minimum Gasteiger partial charge on any atom is -0.369 e. The van der Waals surface area contributed by atoms with Crippen molar-refractivity contribution in [2.45, 2.75) is 26.9 Å². The Balaban J connectivity index is 2.05. The molecule has 1 saturated heterocycles. The summed E-state index contributed by atoms with van der Waals surface area (Å²) in [4.78, 5) is 2.30. The van der Waals surface area contributed by atoms with E-state index in [9.17, 15) is 0 Å². The highest BCUT2D eigenvalue weighted by atomic mass is 35.5. The fourth-order valence-corrected chi connectivity index (χ4v) is 4.30. The molecule has 0 N–H and O–H groups in total. The van der Waals surface area contributed by atoms with Gasteiger partial charge in [0, 0.05) is 36.5 Å². The van der Waals surface area contributed by atoms with Crippen LogP contribution in [-0.2, 0) is 13.1 Å². The molecular weight excluding hydrogens is 326 g/mol. The van der Waals surface area contributed by atoms with Crippen LogP contribution in [0.25, 0.3) is 17.1 Å². The Kier molecular flexibility index (Phi) is 5.02. The smallest absolute Gasteiger partial charge is 0.282 e. The number of imidazole rings is 1. The molecule has 1 aromatic carbocycles. The minimum absolute atomic E-state index is 0.787. The lowest BCUT2D eigenvalue weighted by Crippen LogP contribution is -2.35. The monoisotopic (exact) mass is 348 g/mol. The first-order chi connectivity index (χ1) is 11.2. The number of halogens is 1. The van der Waals surface area contributed by atoms with Gasteiger partial charge < -0.3 is 4.90 Å². The fraction of sp³-hybridized carbons (Fsp3) is 0.389. The number of benzene rings is 1. The summed E-state index contributed by atoms with van der Waals surface area (Å²) in [5.74, 6) is 2.40. The van der Waals surface area contributed by atoms with Gasteiger partial charge in [-0.05, 0) is 32.1 Å². The van der Waals surface area contributed by atoms with Gasteiger partial charge in [-0.15, -0.1) is 11.8 Å². The van der Waals surface area contributed by atoms with Gasteiger partial charge in [-0.3, -0.25) is 0 Å². The van der Waals surface area contributed by atoms with Crippen LogP contribution in [0.4, 0.5) is 0 Å². The molecule has 5 heteroatoms. The first kappa shape index (κ1) is 16.5. The standard InChI is InChI=1S/C18H23ClN3S/c1-4-21-15-10-9-14(19)13-16(15)22(5-2)17(21)7-6-8-18-20(3)11-12-23-18/h6-10,13H,4-5,11-12H2,1-3H3/q+1. The third-order valence-electron chi connectivity index (χ3n) is 4.24. The molecule has 0 bridgehead atoms. The van der Waals surface area contributed by atoms with E-state index in [4.69, 9.17) is 11.6 Å². The number of aromatic nitrogens is 2. The van der Waals surface area contributed by atoms with Crippen molar-refractivity contribution in [3.63, 3.8) is 0 Å². The van der Waals surface area contributed by atoms with Crippen LogP contribution in [0.2, 0.25) is 5.02 Å². The largest absolute Gasteiger partial charge is 0.369 e. The average Bonchev–Trinajstić information content (AvgIpc) is 3.07. The number of allylic oxidation sites excluding steroid dienone is 2. The molecule has 1 aromatic heterocycles. The SMILES string of the molecule is CCn1c(C=CC=C2SCCN2C)[n+](CC)c2ccc(Cl)cc21. The number of aryl methyl sites for hydroxylation is 2. The van der Waals surface area contributed by atoms with Crippen LogP contribution in [0.3, 0.4) is 0 Å². The average molecular weight is 349 g/mol. The summed E-state index contributed by atoms with van der Waals surface area (Å²) < 4.78 is 4.67. The number of thioether (sulfide) groups is 1. The molecule has 3 nitrogen and oxygen atoms in total. The van der Waals surface area contributed by atoms with Crippen molar-refractivity contribution in [2.24, 2.45) is 0 Å². The van der Waals surface area contributed by atoms with Crippen LogP contribution >= 0.6 is 23.4 Å². The number of fused-ring (bicyclic) bond motifs is 1. The van der Waals surface area contributed by atoms with E-state index in [1.165, 1.54) is 27.6 Å². The zero-order chi connectivity index (χ0) is 16.4. The predicted molar refractivity (Wildman–Crippen MR) is 101 cm³/mol. The summed E-state index contributed by atoms with van der Waals surface area (Å²) >= 11 is 8.12. The molecule has 0 radical (unpaired) electrons. The zero-order valence-electron chi connectivity index (χ0n) is 13.9. The molecule has 0 saturated carbocycles. The number of nitrogens with zero attached hydrogens (tertiary/aromatic N) is 3. The molecule has 23 heavy (non-hydrogen) atoms.